The summed E-state index contributed by atoms with van der Waals surface area (Å²) in [6.45, 7) is 4.39. The summed E-state index contributed by atoms with van der Waals surface area (Å²) in [5.41, 5.74) is 2.74. The maximum Gasteiger partial charge on any atom is 0.243 e. The van der Waals surface area contributed by atoms with E-state index < -0.39 is 0 Å². The minimum absolute atomic E-state index is 0.0944. The van der Waals surface area contributed by atoms with Gasteiger partial charge in [0.05, 0.1) is 17.3 Å². The molecule has 110 valence electrons. The number of amides is 1. The van der Waals surface area contributed by atoms with E-state index in [-0.39, 0.29) is 12.5 Å². The highest BCUT2D eigenvalue weighted by atomic mass is 35.5. The third kappa shape index (κ3) is 4.23. The number of carbonyl (C=O) groups is 1. The van der Waals surface area contributed by atoms with Crippen LogP contribution in [0.1, 0.15) is 25.3 Å². The molecule has 0 heterocycles. The first-order valence-corrected chi connectivity index (χ1v) is 7.33. The molecular weight excluding hydrogens is 284 g/mol. The summed E-state index contributed by atoms with van der Waals surface area (Å²) in [4.78, 5) is 12.1. The van der Waals surface area contributed by atoms with E-state index >= 15 is 0 Å². The van der Waals surface area contributed by atoms with Gasteiger partial charge in [-0.05, 0) is 29.7 Å². The molecule has 0 bridgehead atoms. The number of hydrogen-bond acceptors (Lipinski definition) is 2. The Labute approximate surface area is 130 Å². The van der Waals surface area contributed by atoms with E-state index in [1.165, 1.54) is 0 Å². The van der Waals surface area contributed by atoms with Gasteiger partial charge in [0.1, 0.15) is 0 Å². The summed E-state index contributed by atoms with van der Waals surface area (Å²) in [6, 6.07) is 15.2. The lowest BCUT2D eigenvalue weighted by Gasteiger charge is -2.14. The molecule has 0 radical (unpaired) electrons. The molecule has 3 nitrogen and oxygen atoms in total. The summed E-state index contributed by atoms with van der Waals surface area (Å²) in [5.74, 6) is 0.265. The Morgan fingerprint density at radius 3 is 2.33 bits per heavy atom. The number of carbonyl (C=O) groups excluding carboxylic acids is 1. The van der Waals surface area contributed by atoms with Gasteiger partial charge in [-0.3, -0.25) is 4.79 Å². The Morgan fingerprint density at radius 1 is 1.05 bits per heavy atom. The molecule has 2 aromatic carbocycles. The van der Waals surface area contributed by atoms with Gasteiger partial charge in [-0.15, -0.1) is 0 Å². The summed E-state index contributed by atoms with van der Waals surface area (Å²) >= 11 is 6.04. The highest BCUT2D eigenvalue weighted by Crippen LogP contribution is 2.24. The fraction of sp³-hybridized carbons (Fsp3) is 0.235. The molecule has 1 amide bonds. The number of halogens is 1. The number of para-hydroxylation sites is 2. The minimum Gasteiger partial charge on any atom is -0.375 e. The molecule has 2 N–H and O–H groups in total. The fourth-order valence-electron chi connectivity index (χ4n) is 2.09. The molecule has 2 rings (SSSR count). The Bertz CT molecular complexity index is 626. The molecule has 0 fully saturated rings. The molecular formula is C17H19ClN2O. The topological polar surface area (TPSA) is 41.1 Å². The maximum atomic E-state index is 12.1. The normalized spacial score (nSPS) is 10.5. The molecule has 0 aromatic heterocycles. The lowest BCUT2D eigenvalue weighted by atomic mass is 10.0. The van der Waals surface area contributed by atoms with Crippen molar-refractivity contribution in [1.29, 1.82) is 0 Å². The third-order valence-electron chi connectivity index (χ3n) is 3.17. The summed E-state index contributed by atoms with van der Waals surface area (Å²) in [6.07, 6.45) is 0. The molecule has 2 aromatic rings. The van der Waals surface area contributed by atoms with Crippen LogP contribution in [-0.4, -0.2) is 12.5 Å². The van der Waals surface area contributed by atoms with Crippen LogP contribution < -0.4 is 10.6 Å². The molecule has 21 heavy (non-hydrogen) atoms. The van der Waals surface area contributed by atoms with Crippen molar-refractivity contribution in [2.75, 3.05) is 17.2 Å². The smallest absolute Gasteiger partial charge is 0.243 e. The Morgan fingerprint density at radius 2 is 1.67 bits per heavy atom. The summed E-state index contributed by atoms with van der Waals surface area (Å²) in [7, 11) is 0. The Kier molecular flexibility index (Phi) is 5.23. The van der Waals surface area contributed by atoms with Gasteiger partial charge in [-0.2, -0.15) is 0 Å². The van der Waals surface area contributed by atoms with Crippen molar-refractivity contribution in [2.24, 2.45) is 0 Å². The predicted molar refractivity (Wildman–Crippen MR) is 89.1 cm³/mol. The highest BCUT2D eigenvalue weighted by Gasteiger charge is 2.09. The molecule has 0 unspecified atom stereocenters. The second-order valence-corrected chi connectivity index (χ2v) is 5.53. The van der Waals surface area contributed by atoms with Gasteiger partial charge in [0.2, 0.25) is 5.91 Å². The zero-order valence-electron chi connectivity index (χ0n) is 12.2. The van der Waals surface area contributed by atoms with Crippen molar-refractivity contribution < 1.29 is 4.79 Å². The van der Waals surface area contributed by atoms with Crippen LogP contribution in [0.3, 0.4) is 0 Å². The standard InChI is InChI=1S/C17H19ClN2O/c1-12(2)13-7-3-5-9-15(13)20-17(21)11-19-16-10-6-4-8-14(16)18/h3-10,12,19H,11H2,1-2H3,(H,20,21). The van der Waals surface area contributed by atoms with E-state index in [1.807, 2.05) is 42.5 Å². The quantitative estimate of drug-likeness (QED) is 0.853. The van der Waals surface area contributed by atoms with Crippen molar-refractivity contribution in [2.45, 2.75) is 19.8 Å². The van der Waals surface area contributed by atoms with Crippen LogP contribution in [0, 0.1) is 0 Å². The Balaban J connectivity index is 1.98. The second kappa shape index (κ2) is 7.14. The molecule has 0 spiro atoms. The van der Waals surface area contributed by atoms with Gasteiger partial charge in [0.15, 0.2) is 0 Å². The molecule has 0 saturated carbocycles. The van der Waals surface area contributed by atoms with E-state index in [4.69, 9.17) is 11.6 Å². The first-order valence-electron chi connectivity index (χ1n) is 6.95. The van der Waals surface area contributed by atoms with Gasteiger partial charge in [-0.1, -0.05) is 55.8 Å². The van der Waals surface area contributed by atoms with Gasteiger partial charge < -0.3 is 10.6 Å². The monoisotopic (exact) mass is 302 g/mol. The van der Waals surface area contributed by atoms with Gasteiger partial charge in [-0.25, -0.2) is 0 Å². The average Bonchev–Trinajstić information content (AvgIpc) is 2.47. The van der Waals surface area contributed by atoms with Crippen LogP contribution in [-0.2, 0) is 4.79 Å². The van der Waals surface area contributed by atoms with Gasteiger partial charge in [0, 0.05) is 5.69 Å². The minimum atomic E-state index is -0.0944. The van der Waals surface area contributed by atoms with E-state index in [0.717, 1.165) is 16.9 Å². The summed E-state index contributed by atoms with van der Waals surface area (Å²) < 4.78 is 0. The van der Waals surface area contributed by atoms with Crippen LogP contribution in [0.25, 0.3) is 0 Å². The number of hydrogen-bond donors (Lipinski definition) is 2. The van der Waals surface area contributed by atoms with E-state index in [1.54, 1.807) is 6.07 Å². The highest BCUT2D eigenvalue weighted by molar-refractivity contribution is 6.33. The lowest BCUT2D eigenvalue weighted by molar-refractivity contribution is -0.114. The zero-order valence-corrected chi connectivity index (χ0v) is 12.9. The van der Waals surface area contributed by atoms with Crippen molar-refractivity contribution in [3.8, 4) is 0 Å². The van der Waals surface area contributed by atoms with Crippen molar-refractivity contribution in [1.82, 2.24) is 0 Å². The number of rotatable bonds is 5. The molecule has 0 saturated heterocycles. The van der Waals surface area contributed by atoms with Crippen molar-refractivity contribution in [3.63, 3.8) is 0 Å². The molecule has 0 aliphatic heterocycles. The zero-order chi connectivity index (χ0) is 15.2. The van der Waals surface area contributed by atoms with Gasteiger partial charge >= 0.3 is 0 Å². The van der Waals surface area contributed by atoms with E-state index in [0.29, 0.717) is 10.9 Å². The summed E-state index contributed by atoms with van der Waals surface area (Å²) in [5, 5.41) is 6.58. The molecule has 0 aliphatic carbocycles. The lowest BCUT2D eigenvalue weighted by Crippen LogP contribution is -2.22. The number of anilines is 2. The predicted octanol–water partition coefficient (Wildman–Crippen LogP) is 4.51. The van der Waals surface area contributed by atoms with Crippen molar-refractivity contribution in [3.05, 3.63) is 59.1 Å². The van der Waals surface area contributed by atoms with Crippen LogP contribution in [0.4, 0.5) is 11.4 Å². The Hall–Kier alpha value is -2.00. The van der Waals surface area contributed by atoms with Crippen LogP contribution in [0.15, 0.2) is 48.5 Å². The van der Waals surface area contributed by atoms with Crippen LogP contribution >= 0.6 is 11.6 Å². The van der Waals surface area contributed by atoms with E-state index in [2.05, 4.69) is 24.5 Å². The molecule has 4 heteroatoms. The maximum absolute atomic E-state index is 12.1. The first kappa shape index (κ1) is 15.4. The number of nitrogens with one attached hydrogen (secondary N) is 2. The van der Waals surface area contributed by atoms with Gasteiger partial charge in [0.25, 0.3) is 0 Å². The molecule has 0 atom stereocenters. The largest absolute Gasteiger partial charge is 0.375 e. The van der Waals surface area contributed by atoms with Crippen LogP contribution in [0.2, 0.25) is 5.02 Å². The average molecular weight is 303 g/mol. The molecule has 0 aliphatic rings. The first-order chi connectivity index (χ1) is 10.1. The van der Waals surface area contributed by atoms with E-state index in [9.17, 15) is 4.79 Å². The van der Waals surface area contributed by atoms with Crippen molar-refractivity contribution >= 4 is 28.9 Å². The fourth-order valence-corrected chi connectivity index (χ4v) is 2.29. The number of benzene rings is 2. The second-order valence-electron chi connectivity index (χ2n) is 5.12. The SMILES string of the molecule is CC(C)c1ccccc1NC(=O)CNc1ccccc1Cl. The third-order valence-corrected chi connectivity index (χ3v) is 3.50. The van der Waals surface area contributed by atoms with Crippen LogP contribution in [0.5, 0.6) is 0 Å².